The number of benzene rings is 1. The Morgan fingerprint density at radius 2 is 2.05 bits per heavy atom. The summed E-state index contributed by atoms with van der Waals surface area (Å²) in [5.41, 5.74) is 0.852. The molecule has 0 bridgehead atoms. The molecule has 0 spiro atoms. The Bertz CT molecular complexity index is 485. The maximum absolute atomic E-state index is 9.57. The molecule has 1 fully saturated rings. The molecule has 1 aromatic carbocycles. The highest BCUT2D eigenvalue weighted by molar-refractivity contribution is 5.94. The Kier molecular flexibility index (Phi) is 5.48. The molecule has 2 rings (SSSR count). The van der Waals surface area contributed by atoms with E-state index in [0.717, 1.165) is 18.1 Å². The third-order valence-corrected chi connectivity index (χ3v) is 3.90. The second-order valence-electron chi connectivity index (χ2n) is 6.28. The summed E-state index contributed by atoms with van der Waals surface area (Å²) >= 11 is 0. The van der Waals surface area contributed by atoms with Crippen molar-refractivity contribution >= 4 is 11.6 Å². The van der Waals surface area contributed by atoms with Crippen LogP contribution < -0.4 is 10.6 Å². The van der Waals surface area contributed by atoms with Crippen LogP contribution in [0.1, 0.15) is 46.5 Å². The first kappa shape index (κ1) is 15.7. The van der Waals surface area contributed by atoms with E-state index >= 15 is 0 Å². The molecular formula is C17H27N3O. The summed E-state index contributed by atoms with van der Waals surface area (Å²) < 4.78 is 0. The average molecular weight is 289 g/mol. The zero-order chi connectivity index (χ0) is 15.2. The summed E-state index contributed by atoms with van der Waals surface area (Å²) in [4.78, 5) is 4.89. The lowest BCUT2D eigenvalue weighted by atomic mass is 9.86. The van der Waals surface area contributed by atoms with E-state index in [2.05, 4.69) is 31.4 Å². The number of phenolic OH excluding ortho intramolecular Hbond substituents is 1. The van der Waals surface area contributed by atoms with Crippen LogP contribution in [0.3, 0.4) is 0 Å². The number of hydrogen-bond acceptors (Lipinski definition) is 2. The van der Waals surface area contributed by atoms with Gasteiger partial charge in [0.1, 0.15) is 5.75 Å². The Labute approximate surface area is 127 Å². The number of aliphatic imine (C=N–C) groups is 1. The molecule has 4 heteroatoms. The van der Waals surface area contributed by atoms with Crippen LogP contribution in [0.25, 0.3) is 0 Å². The van der Waals surface area contributed by atoms with Gasteiger partial charge in [-0.3, -0.25) is 0 Å². The third kappa shape index (κ3) is 4.96. The minimum Gasteiger partial charge on any atom is -0.508 e. The zero-order valence-corrected chi connectivity index (χ0v) is 13.3. The minimum absolute atomic E-state index is 0.259. The molecule has 3 N–H and O–H groups in total. The summed E-state index contributed by atoms with van der Waals surface area (Å²) in [5, 5.41) is 16.2. The van der Waals surface area contributed by atoms with Crippen molar-refractivity contribution in [2.45, 2.75) is 58.5 Å². The molecule has 0 amide bonds. The quantitative estimate of drug-likeness (QED) is 0.587. The van der Waals surface area contributed by atoms with Gasteiger partial charge in [0, 0.05) is 17.8 Å². The van der Waals surface area contributed by atoms with Gasteiger partial charge in [-0.15, -0.1) is 0 Å². The van der Waals surface area contributed by atoms with Crippen molar-refractivity contribution in [3.05, 3.63) is 24.3 Å². The first-order valence-electron chi connectivity index (χ1n) is 7.95. The second kappa shape index (κ2) is 7.34. The summed E-state index contributed by atoms with van der Waals surface area (Å²) in [5.74, 6) is 1.69. The van der Waals surface area contributed by atoms with Gasteiger partial charge in [-0.2, -0.15) is 0 Å². The van der Waals surface area contributed by atoms with Crippen LogP contribution in [0.2, 0.25) is 0 Å². The molecular weight excluding hydrogens is 262 g/mol. The molecule has 0 aromatic heterocycles. The van der Waals surface area contributed by atoms with Crippen molar-refractivity contribution < 1.29 is 5.11 Å². The van der Waals surface area contributed by atoms with E-state index < -0.39 is 0 Å². The summed E-state index contributed by atoms with van der Waals surface area (Å²) in [6.45, 7) is 6.49. The van der Waals surface area contributed by atoms with Crippen molar-refractivity contribution in [1.29, 1.82) is 0 Å². The number of nitrogens with one attached hydrogen (secondary N) is 2. The lowest BCUT2D eigenvalue weighted by Gasteiger charge is -2.27. The fourth-order valence-electron chi connectivity index (χ4n) is 2.75. The number of rotatable bonds is 3. The van der Waals surface area contributed by atoms with E-state index in [4.69, 9.17) is 4.99 Å². The van der Waals surface area contributed by atoms with Gasteiger partial charge < -0.3 is 15.7 Å². The number of nitrogens with zero attached hydrogens (tertiary/aromatic N) is 1. The predicted molar refractivity (Wildman–Crippen MR) is 88.9 cm³/mol. The number of hydrogen-bond donors (Lipinski definition) is 3. The number of aromatic hydroxyl groups is 1. The molecule has 4 nitrogen and oxygen atoms in total. The average Bonchev–Trinajstić information content (AvgIpc) is 2.40. The highest BCUT2D eigenvalue weighted by atomic mass is 16.3. The molecule has 0 radical (unpaired) electrons. The first-order chi connectivity index (χ1) is 10.0. The summed E-state index contributed by atoms with van der Waals surface area (Å²) in [6.07, 6.45) is 5.00. The van der Waals surface area contributed by atoms with E-state index in [1.165, 1.54) is 19.3 Å². The van der Waals surface area contributed by atoms with Crippen LogP contribution in [0.5, 0.6) is 5.75 Å². The Morgan fingerprint density at radius 3 is 2.71 bits per heavy atom. The van der Waals surface area contributed by atoms with Gasteiger partial charge in [0.25, 0.3) is 0 Å². The molecule has 1 aromatic rings. The second-order valence-corrected chi connectivity index (χ2v) is 6.28. The molecule has 0 saturated heterocycles. The van der Waals surface area contributed by atoms with Crippen LogP contribution in [-0.2, 0) is 0 Å². The maximum atomic E-state index is 9.57. The van der Waals surface area contributed by atoms with Gasteiger partial charge in [0.15, 0.2) is 5.96 Å². The number of phenols is 1. The van der Waals surface area contributed by atoms with Gasteiger partial charge in [-0.25, -0.2) is 4.99 Å². The lowest BCUT2D eigenvalue weighted by molar-refractivity contribution is 0.332. The van der Waals surface area contributed by atoms with Crippen molar-refractivity contribution in [3.63, 3.8) is 0 Å². The maximum Gasteiger partial charge on any atom is 0.196 e. The highest BCUT2D eigenvalue weighted by Gasteiger charge is 2.21. The standard InChI is InChI=1S/C17H27N3O/c1-12(2)18-17(19-14-8-6-9-15(21)11-14)20-16-10-5-4-7-13(16)3/h6,8-9,11-13,16,21H,4-5,7,10H2,1-3H3,(H2,18,19,20). The molecule has 116 valence electrons. The van der Waals surface area contributed by atoms with Gasteiger partial charge in [0.05, 0.1) is 6.04 Å². The molecule has 2 atom stereocenters. The van der Waals surface area contributed by atoms with Gasteiger partial charge in [-0.1, -0.05) is 25.8 Å². The van der Waals surface area contributed by atoms with Gasteiger partial charge >= 0.3 is 0 Å². The Hall–Kier alpha value is -1.71. The molecule has 1 aliphatic rings. The summed E-state index contributed by atoms with van der Waals surface area (Å²) in [7, 11) is 0. The Balaban J connectivity index is 2.13. The smallest absolute Gasteiger partial charge is 0.196 e. The molecule has 0 heterocycles. The SMILES string of the molecule is CC(C)NC(=NC1CCCCC1C)Nc1cccc(O)c1. The fourth-order valence-corrected chi connectivity index (χ4v) is 2.75. The van der Waals surface area contributed by atoms with Crippen molar-refractivity contribution in [1.82, 2.24) is 5.32 Å². The molecule has 0 aliphatic heterocycles. The minimum atomic E-state index is 0.259. The largest absolute Gasteiger partial charge is 0.508 e. The van der Waals surface area contributed by atoms with Crippen LogP contribution >= 0.6 is 0 Å². The highest BCUT2D eigenvalue weighted by Crippen LogP contribution is 2.26. The normalized spacial score (nSPS) is 23.1. The zero-order valence-electron chi connectivity index (χ0n) is 13.3. The monoisotopic (exact) mass is 289 g/mol. The van der Waals surface area contributed by atoms with Crippen LogP contribution in [0.4, 0.5) is 5.69 Å². The topological polar surface area (TPSA) is 56.7 Å². The van der Waals surface area contributed by atoms with Crippen molar-refractivity contribution in [2.24, 2.45) is 10.9 Å². The van der Waals surface area contributed by atoms with E-state index in [0.29, 0.717) is 18.0 Å². The summed E-state index contributed by atoms with van der Waals surface area (Å²) in [6, 6.07) is 7.83. The van der Waals surface area contributed by atoms with Crippen molar-refractivity contribution in [3.8, 4) is 5.75 Å². The third-order valence-electron chi connectivity index (χ3n) is 3.90. The van der Waals surface area contributed by atoms with Crippen LogP contribution in [-0.4, -0.2) is 23.1 Å². The van der Waals surface area contributed by atoms with E-state index in [1.807, 2.05) is 12.1 Å². The Morgan fingerprint density at radius 1 is 1.29 bits per heavy atom. The van der Waals surface area contributed by atoms with E-state index in [9.17, 15) is 5.11 Å². The molecule has 1 saturated carbocycles. The fraction of sp³-hybridized carbons (Fsp3) is 0.588. The van der Waals surface area contributed by atoms with Crippen LogP contribution in [0.15, 0.2) is 29.3 Å². The number of guanidine groups is 1. The van der Waals surface area contributed by atoms with Crippen molar-refractivity contribution in [2.75, 3.05) is 5.32 Å². The molecule has 2 unspecified atom stereocenters. The molecule has 1 aliphatic carbocycles. The number of anilines is 1. The van der Waals surface area contributed by atoms with Gasteiger partial charge in [0.2, 0.25) is 0 Å². The van der Waals surface area contributed by atoms with Gasteiger partial charge in [-0.05, 0) is 44.7 Å². The van der Waals surface area contributed by atoms with Crippen LogP contribution in [0, 0.1) is 5.92 Å². The predicted octanol–water partition coefficient (Wildman–Crippen LogP) is 3.74. The van der Waals surface area contributed by atoms with E-state index in [-0.39, 0.29) is 5.75 Å². The lowest BCUT2D eigenvalue weighted by Crippen LogP contribution is -2.38. The first-order valence-corrected chi connectivity index (χ1v) is 7.95. The molecule has 21 heavy (non-hydrogen) atoms. The van der Waals surface area contributed by atoms with E-state index in [1.54, 1.807) is 12.1 Å².